The van der Waals surface area contributed by atoms with E-state index in [2.05, 4.69) is 40.4 Å². The molecule has 0 radical (unpaired) electrons. The van der Waals surface area contributed by atoms with Gasteiger partial charge in [0, 0.05) is 25.9 Å². The van der Waals surface area contributed by atoms with Crippen LogP contribution in [-0.2, 0) is 4.79 Å². The van der Waals surface area contributed by atoms with Crippen molar-refractivity contribution in [1.82, 2.24) is 5.32 Å². The lowest BCUT2D eigenvalue weighted by atomic mass is 10.1. The largest absolute Gasteiger partial charge is 0.324 e. The molecule has 5 heteroatoms. The minimum absolute atomic E-state index is 0.0149. The van der Waals surface area contributed by atoms with E-state index in [-0.39, 0.29) is 11.9 Å². The molecule has 2 rings (SSSR count). The van der Waals surface area contributed by atoms with Crippen LogP contribution in [0.15, 0.2) is 21.5 Å². The highest BCUT2D eigenvalue weighted by atomic mass is 79.9. The van der Waals surface area contributed by atoms with Crippen molar-refractivity contribution in [3.63, 3.8) is 0 Å². The summed E-state index contributed by atoms with van der Waals surface area (Å²) in [6.07, 6.45) is 0. The maximum absolute atomic E-state index is 11.7. The summed E-state index contributed by atoms with van der Waals surface area (Å²) in [6, 6.07) is 3.83. The number of anilines is 1. The van der Waals surface area contributed by atoms with Crippen molar-refractivity contribution in [2.75, 3.05) is 12.4 Å². The highest BCUT2D eigenvalue weighted by Gasteiger charge is 2.30. The van der Waals surface area contributed by atoms with E-state index in [9.17, 15) is 4.79 Å². The molecule has 92 valence electrons. The molecule has 1 atom stereocenters. The van der Waals surface area contributed by atoms with E-state index in [0.717, 1.165) is 20.6 Å². The number of carbonyl (C=O) groups is 1. The molecule has 17 heavy (non-hydrogen) atoms. The van der Waals surface area contributed by atoms with Crippen molar-refractivity contribution in [1.29, 1.82) is 0 Å². The summed E-state index contributed by atoms with van der Waals surface area (Å²) in [6.45, 7) is 4.30. The van der Waals surface area contributed by atoms with Gasteiger partial charge < -0.3 is 10.6 Å². The van der Waals surface area contributed by atoms with Crippen LogP contribution in [0.2, 0.25) is 0 Å². The Morgan fingerprint density at radius 3 is 2.76 bits per heavy atom. The van der Waals surface area contributed by atoms with Gasteiger partial charge in [-0.15, -0.1) is 11.8 Å². The monoisotopic (exact) mass is 314 g/mol. The topological polar surface area (TPSA) is 41.1 Å². The third-order valence-electron chi connectivity index (χ3n) is 2.59. The Labute approximate surface area is 114 Å². The predicted molar refractivity (Wildman–Crippen MR) is 75.6 cm³/mol. The van der Waals surface area contributed by atoms with Crippen LogP contribution in [0.4, 0.5) is 5.69 Å². The molecule has 1 unspecified atom stereocenters. The first-order chi connectivity index (χ1) is 8.02. The molecule has 0 saturated heterocycles. The zero-order valence-electron chi connectivity index (χ0n) is 10.0. The molecule has 1 aliphatic rings. The molecule has 0 bridgehead atoms. The maximum Gasteiger partial charge on any atom is 0.246 e. The number of thioether (sulfide) groups is 1. The lowest BCUT2D eigenvalue weighted by Gasteiger charge is -2.11. The van der Waals surface area contributed by atoms with Crippen molar-refractivity contribution in [3.8, 4) is 0 Å². The fourth-order valence-corrected chi connectivity index (χ4v) is 3.40. The lowest BCUT2D eigenvalue weighted by Crippen LogP contribution is -2.23. The minimum atomic E-state index is -0.237. The van der Waals surface area contributed by atoms with Crippen LogP contribution in [0.3, 0.4) is 0 Å². The van der Waals surface area contributed by atoms with E-state index in [1.165, 1.54) is 0 Å². The summed E-state index contributed by atoms with van der Waals surface area (Å²) in [5.41, 5.74) is 1.93. The fraction of sp³-hybridized carbons (Fsp3) is 0.417. The molecule has 1 heterocycles. The van der Waals surface area contributed by atoms with Gasteiger partial charge in [-0.2, -0.15) is 0 Å². The second-order valence-electron chi connectivity index (χ2n) is 4.25. The Balaban J connectivity index is 2.40. The summed E-state index contributed by atoms with van der Waals surface area (Å²) in [4.78, 5) is 12.9. The Morgan fingerprint density at radius 2 is 2.18 bits per heavy atom. The van der Waals surface area contributed by atoms with Crippen LogP contribution in [0.25, 0.3) is 0 Å². The van der Waals surface area contributed by atoms with Crippen molar-refractivity contribution >= 4 is 39.3 Å². The Hall–Kier alpha value is -0.520. The Bertz CT molecular complexity index is 462. The van der Waals surface area contributed by atoms with Gasteiger partial charge in [0.2, 0.25) is 5.91 Å². The number of fused-ring (bicyclic) bond motifs is 1. The first kappa shape index (κ1) is 12.9. The quantitative estimate of drug-likeness (QED) is 0.842. The minimum Gasteiger partial charge on any atom is -0.324 e. The van der Waals surface area contributed by atoms with Gasteiger partial charge in [0.15, 0.2) is 0 Å². The maximum atomic E-state index is 11.7. The first-order valence-electron chi connectivity index (χ1n) is 5.51. The molecular weight excluding hydrogens is 300 g/mol. The van der Waals surface area contributed by atoms with Crippen molar-refractivity contribution in [3.05, 3.63) is 22.2 Å². The molecule has 1 aromatic rings. The number of hydrogen-bond acceptors (Lipinski definition) is 3. The molecule has 3 nitrogen and oxygen atoms in total. The van der Waals surface area contributed by atoms with Gasteiger partial charge in [-0.25, -0.2) is 0 Å². The summed E-state index contributed by atoms with van der Waals surface area (Å²) >= 11 is 5.35. The van der Waals surface area contributed by atoms with Crippen molar-refractivity contribution < 1.29 is 4.79 Å². The summed E-state index contributed by atoms with van der Waals surface area (Å²) < 4.78 is 1.05. The second-order valence-corrected chi connectivity index (χ2v) is 6.72. The third kappa shape index (κ3) is 2.51. The lowest BCUT2D eigenvalue weighted by molar-refractivity contribution is -0.117. The highest BCUT2D eigenvalue weighted by Crippen LogP contribution is 2.39. The summed E-state index contributed by atoms with van der Waals surface area (Å²) in [5.74, 6) is 0.0149. The zero-order valence-corrected chi connectivity index (χ0v) is 12.4. The van der Waals surface area contributed by atoms with Crippen molar-refractivity contribution in [2.24, 2.45) is 0 Å². The van der Waals surface area contributed by atoms with Crippen molar-refractivity contribution in [2.45, 2.75) is 30.0 Å². The van der Waals surface area contributed by atoms with Crippen LogP contribution in [0.5, 0.6) is 0 Å². The standard InChI is InChI=1S/C12H15BrN2OS/c1-6(2)17-10-5-9-7(4-8(10)13)11(14-3)12(16)15-9/h4-6,11,14H,1-3H3,(H,15,16). The fourth-order valence-electron chi connectivity index (χ4n) is 1.89. The van der Waals surface area contributed by atoms with E-state index in [4.69, 9.17) is 0 Å². The second kappa shape index (κ2) is 5.00. The third-order valence-corrected chi connectivity index (χ3v) is 4.57. The van der Waals surface area contributed by atoms with Gasteiger partial charge in [-0.05, 0) is 35.1 Å². The van der Waals surface area contributed by atoms with Gasteiger partial charge in [0.25, 0.3) is 0 Å². The van der Waals surface area contributed by atoms with Crippen LogP contribution >= 0.6 is 27.7 Å². The molecule has 1 amide bonds. The summed E-state index contributed by atoms with van der Waals surface area (Å²) in [7, 11) is 1.80. The highest BCUT2D eigenvalue weighted by molar-refractivity contribution is 9.10. The number of benzene rings is 1. The van der Waals surface area contributed by atoms with Crippen LogP contribution < -0.4 is 10.6 Å². The van der Waals surface area contributed by atoms with E-state index in [1.807, 2.05) is 12.1 Å². The van der Waals surface area contributed by atoms with Gasteiger partial charge in [0.05, 0.1) is 0 Å². The smallest absolute Gasteiger partial charge is 0.246 e. The normalized spacial score (nSPS) is 18.4. The SMILES string of the molecule is CNC1C(=O)Nc2cc(SC(C)C)c(Br)cc21. The zero-order chi connectivity index (χ0) is 12.6. The summed E-state index contributed by atoms with van der Waals surface area (Å²) in [5, 5.41) is 6.44. The van der Waals surface area contributed by atoms with E-state index in [0.29, 0.717) is 5.25 Å². The van der Waals surface area contributed by atoms with E-state index >= 15 is 0 Å². The Morgan fingerprint density at radius 1 is 1.47 bits per heavy atom. The van der Waals surface area contributed by atoms with Gasteiger partial charge in [-0.3, -0.25) is 4.79 Å². The first-order valence-corrected chi connectivity index (χ1v) is 7.18. The van der Waals surface area contributed by atoms with Gasteiger partial charge in [0.1, 0.15) is 6.04 Å². The predicted octanol–water partition coefficient (Wildman–Crippen LogP) is 3.16. The number of likely N-dealkylation sites (N-methyl/N-ethyl adjacent to an activating group) is 1. The molecule has 2 N–H and O–H groups in total. The van der Waals surface area contributed by atoms with Gasteiger partial charge in [-0.1, -0.05) is 13.8 Å². The molecular formula is C12H15BrN2OS. The van der Waals surface area contributed by atoms with Crippen LogP contribution in [0.1, 0.15) is 25.5 Å². The molecule has 0 spiro atoms. The van der Waals surface area contributed by atoms with E-state index in [1.54, 1.807) is 18.8 Å². The van der Waals surface area contributed by atoms with Gasteiger partial charge >= 0.3 is 0 Å². The molecule has 0 aliphatic carbocycles. The molecule has 1 aromatic carbocycles. The number of amides is 1. The average molecular weight is 315 g/mol. The van der Waals surface area contributed by atoms with E-state index < -0.39 is 0 Å². The number of nitrogens with one attached hydrogen (secondary N) is 2. The average Bonchev–Trinajstić information content (AvgIpc) is 2.53. The number of rotatable bonds is 3. The number of carbonyl (C=O) groups excluding carboxylic acids is 1. The molecule has 0 aromatic heterocycles. The molecule has 1 aliphatic heterocycles. The Kier molecular flexibility index (Phi) is 3.80. The number of hydrogen-bond donors (Lipinski definition) is 2. The molecule has 0 saturated carbocycles. The molecule has 0 fully saturated rings. The van der Waals surface area contributed by atoms with Crippen LogP contribution in [-0.4, -0.2) is 18.2 Å². The van der Waals surface area contributed by atoms with Crippen LogP contribution in [0, 0.1) is 0 Å². The number of halogens is 1.